The molecule has 0 heterocycles. The Labute approximate surface area is 312 Å². The van der Waals surface area contributed by atoms with Crippen LogP contribution < -0.4 is 11.5 Å². The summed E-state index contributed by atoms with van der Waals surface area (Å²) in [5.41, 5.74) is 25.5. The van der Waals surface area contributed by atoms with E-state index >= 15 is 0 Å². The molecular weight excluding hydrogens is 617 g/mol. The molecular formula is C49H70N2. The lowest BCUT2D eigenvalue weighted by molar-refractivity contribution is 0.598. The third-order valence-corrected chi connectivity index (χ3v) is 10.8. The SMILES string of the molecule is CCCCCCCCc1cc(Cc2ccc(N)cc2)ccc1CCCCCCCc1ccc(Cc2ccc(N)cc2)cc1CCCCCCCC. The zero-order valence-corrected chi connectivity index (χ0v) is 32.5. The molecule has 0 fully saturated rings. The molecule has 4 aromatic rings. The quantitative estimate of drug-likeness (QED) is 0.0510. The molecule has 51 heavy (non-hydrogen) atoms. The van der Waals surface area contributed by atoms with E-state index in [1.807, 2.05) is 24.3 Å². The van der Waals surface area contributed by atoms with E-state index in [0.29, 0.717) is 0 Å². The highest BCUT2D eigenvalue weighted by molar-refractivity contribution is 5.43. The van der Waals surface area contributed by atoms with E-state index in [1.165, 1.54) is 157 Å². The van der Waals surface area contributed by atoms with Gasteiger partial charge < -0.3 is 11.5 Å². The summed E-state index contributed by atoms with van der Waals surface area (Å²) in [5, 5.41) is 0. The minimum Gasteiger partial charge on any atom is -0.399 e. The molecule has 0 amide bonds. The number of hydrogen-bond donors (Lipinski definition) is 2. The Hall–Kier alpha value is -3.52. The van der Waals surface area contributed by atoms with Crippen LogP contribution in [0, 0.1) is 0 Å². The van der Waals surface area contributed by atoms with Crippen molar-refractivity contribution >= 4 is 11.4 Å². The third kappa shape index (κ3) is 15.7. The second-order valence-corrected chi connectivity index (χ2v) is 15.3. The van der Waals surface area contributed by atoms with Gasteiger partial charge in [0.1, 0.15) is 0 Å². The molecule has 0 radical (unpaired) electrons. The van der Waals surface area contributed by atoms with Gasteiger partial charge in [0.15, 0.2) is 0 Å². The van der Waals surface area contributed by atoms with Crippen LogP contribution in [-0.2, 0) is 38.5 Å². The Bertz CT molecular complexity index is 1390. The van der Waals surface area contributed by atoms with Crippen LogP contribution in [0.4, 0.5) is 11.4 Å². The Morgan fingerprint density at radius 2 is 0.608 bits per heavy atom. The van der Waals surface area contributed by atoms with Crippen molar-refractivity contribution in [1.29, 1.82) is 0 Å². The second-order valence-electron chi connectivity index (χ2n) is 15.3. The van der Waals surface area contributed by atoms with Crippen LogP contribution in [-0.4, -0.2) is 0 Å². The van der Waals surface area contributed by atoms with Crippen molar-refractivity contribution in [3.05, 3.63) is 129 Å². The zero-order chi connectivity index (χ0) is 35.9. The lowest BCUT2D eigenvalue weighted by Crippen LogP contribution is -2.00. The summed E-state index contributed by atoms with van der Waals surface area (Å²) in [4.78, 5) is 0. The topological polar surface area (TPSA) is 52.0 Å². The molecule has 0 unspecified atom stereocenters. The van der Waals surface area contributed by atoms with Gasteiger partial charge in [0.05, 0.1) is 0 Å². The maximum Gasteiger partial charge on any atom is 0.0314 e. The largest absolute Gasteiger partial charge is 0.399 e. The number of aryl methyl sites for hydroxylation is 4. The fourth-order valence-corrected chi connectivity index (χ4v) is 7.63. The van der Waals surface area contributed by atoms with Crippen LogP contribution in [0.5, 0.6) is 0 Å². The molecule has 4 aromatic carbocycles. The van der Waals surface area contributed by atoms with Crippen molar-refractivity contribution in [2.45, 2.75) is 162 Å². The highest BCUT2D eigenvalue weighted by atomic mass is 14.5. The third-order valence-electron chi connectivity index (χ3n) is 10.8. The van der Waals surface area contributed by atoms with Crippen LogP contribution in [0.2, 0.25) is 0 Å². The molecule has 0 aliphatic carbocycles. The Balaban J connectivity index is 1.25. The van der Waals surface area contributed by atoms with Crippen LogP contribution in [0.15, 0.2) is 84.9 Å². The minimum absolute atomic E-state index is 0.839. The van der Waals surface area contributed by atoms with Crippen LogP contribution >= 0.6 is 0 Å². The molecule has 0 atom stereocenters. The number of anilines is 2. The van der Waals surface area contributed by atoms with Crippen molar-refractivity contribution < 1.29 is 0 Å². The molecule has 0 saturated heterocycles. The molecule has 0 bridgehead atoms. The van der Waals surface area contributed by atoms with Crippen molar-refractivity contribution in [3.8, 4) is 0 Å². The average Bonchev–Trinajstić information content (AvgIpc) is 3.14. The normalized spacial score (nSPS) is 11.3. The molecule has 0 aliphatic rings. The zero-order valence-electron chi connectivity index (χ0n) is 32.5. The van der Waals surface area contributed by atoms with Crippen LogP contribution in [0.1, 0.15) is 168 Å². The standard InChI is InChI=1S/C49H70N2/c1-3-5-7-9-12-18-22-46-38-42(36-40-26-32-48(50)33-27-40)24-30-44(46)20-16-14-11-15-17-21-45-31-25-43(37-41-28-34-49(51)35-29-41)39-47(45)23-19-13-10-8-6-4-2/h24-35,38-39H,3-23,36-37,50-51H2,1-2H3. The highest BCUT2D eigenvalue weighted by Crippen LogP contribution is 2.24. The van der Waals surface area contributed by atoms with E-state index in [-0.39, 0.29) is 0 Å². The van der Waals surface area contributed by atoms with Gasteiger partial charge in [-0.3, -0.25) is 0 Å². The number of nitrogen functional groups attached to an aromatic ring is 2. The smallest absolute Gasteiger partial charge is 0.0314 e. The van der Waals surface area contributed by atoms with Gasteiger partial charge in [-0.05, 0) is 133 Å². The average molecular weight is 687 g/mol. The first-order valence-electron chi connectivity index (χ1n) is 20.9. The van der Waals surface area contributed by atoms with Gasteiger partial charge >= 0.3 is 0 Å². The highest BCUT2D eigenvalue weighted by Gasteiger charge is 2.09. The van der Waals surface area contributed by atoms with Gasteiger partial charge in [-0.2, -0.15) is 0 Å². The van der Waals surface area contributed by atoms with E-state index in [4.69, 9.17) is 11.5 Å². The molecule has 2 heteroatoms. The first-order valence-corrected chi connectivity index (χ1v) is 20.9. The molecule has 2 nitrogen and oxygen atoms in total. The minimum atomic E-state index is 0.839. The Morgan fingerprint density at radius 3 is 0.961 bits per heavy atom. The summed E-state index contributed by atoms with van der Waals surface area (Å²) in [6, 6.07) is 31.5. The maximum atomic E-state index is 5.94. The summed E-state index contributed by atoms with van der Waals surface area (Å²) in [6.45, 7) is 4.60. The van der Waals surface area contributed by atoms with E-state index in [2.05, 4.69) is 74.5 Å². The molecule has 4 rings (SSSR count). The Kier molecular flexibility index (Phi) is 18.8. The van der Waals surface area contributed by atoms with E-state index < -0.39 is 0 Å². The van der Waals surface area contributed by atoms with Gasteiger partial charge in [0.25, 0.3) is 0 Å². The number of rotatable bonds is 26. The van der Waals surface area contributed by atoms with Crippen LogP contribution in [0.3, 0.4) is 0 Å². The fraction of sp³-hybridized carbons (Fsp3) is 0.510. The molecule has 0 aliphatic heterocycles. The van der Waals surface area contributed by atoms with Gasteiger partial charge in [-0.15, -0.1) is 0 Å². The van der Waals surface area contributed by atoms with Crippen molar-refractivity contribution in [2.75, 3.05) is 11.5 Å². The van der Waals surface area contributed by atoms with E-state index in [9.17, 15) is 0 Å². The van der Waals surface area contributed by atoms with Crippen molar-refractivity contribution in [1.82, 2.24) is 0 Å². The molecule has 0 aromatic heterocycles. The summed E-state index contributed by atoms with van der Waals surface area (Å²) >= 11 is 0. The number of hydrogen-bond acceptors (Lipinski definition) is 2. The van der Waals surface area contributed by atoms with Gasteiger partial charge in [-0.1, -0.05) is 158 Å². The van der Waals surface area contributed by atoms with E-state index in [0.717, 1.165) is 24.2 Å². The monoisotopic (exact) mass is 687 g/mol. The lowest BCUT2D eigenvalue weighted by Gasteiger charge is -2.14. The summed E-state index contributed by atoms with van der Waals surface area (Å²) in [5.74, 6) is 0. The summed E-state index contributed by atoms with van der Waals surface area (Å²) in [7, 11) is 0. The predicted molar refractivity (Wildman–Crippen MR) is 225 cm³/mol. The lowest BCUT2D eigenvalue weighted by atomic mass is 9.92. The molecule has 276 valence electrons. The summed E-state index contributed by atoms with van der Waals surface area (Å²) in [6.07, 6.45) is 29.7. The number of nitrogens with two attached hydrogens (primary N) is 2. The maximum absolute atomic E-state index is 5.94. The first-order chi connectivity index (χ1) is 25.0. The molecule has 0 saturated carbocycles. The van der Waals surface area contributed by atoms with Gasteiger partial charge in [0, 0.05) is 11.4 Å². The Morgan fingerprint density at radius 1 is 0.314 bits per heavy atom. The predicted octanol–water partition coefficient (Wildman–Crippen LogP) is 13.6. The fourth-order valence-electron chi connectivity index (χ4n) is 7.63. The second kappa shape index (κ2) is 23.9. The molecule has 0 spiro atoms. The van der Waals surface area contributed by atoms with Gasteiger partial charge in [0.2, 0.25) is 0 Å². The van der Waals surface area contributed by atoms with E-state index in [1.54, 1.807) is 22.3 Å². The number of unbranched alkanes of at least 4 members (excludes halogenated alkanes) is 14. The molecule has 4 N–H and O–H groups in total. The van der Waals surface area contributed by atoms with Gasteiger partial charge in [-0.25, -0.2) is 0 Å². The summed E-state index contributed by atoms with van der Waals surface area (Å²) < 4.78 is 0. The first kappa shape index (κ1) is 40.3. The van der Waals surface area contributed by atoms with Crippen LogP contribution in [0.25, 0.3) is 0 Å². The van der Waals surface area contributed by atoms with Crippen molar-refractivity contribution in [3.63, 3.8) is 0 Å². The number of benzene rings is 4. The van der Waals surface area contributed by atoms with Crippen molar-refractivity contribution in [2.24, 2.45) is 0 Å².